The van der Waals surface area contributed by atoms with Crippen LogP contribution in [0.3, 0.4) is 0 Å². The number of hydrogen-bond acceptors (Lipinski definition) is 4. The molecule has 0 amide bonds. The third-order valence-corrected chi connectivity index (χ3v) is 4.77. The first-order chi connectivity index (χ1) is 8.48. The second-order valence-corrected chi connectivity index (χ2v) is 6.10. The molecular weight excluding hydrogens is 261 g/mol. The van der Waals surface area contributed by atoms with Gasteiger partial charge in [0.1, 0.15) is 0 Å². The Morgan fingerprint density at radius 1 is 1.50 bits per heavy atom. The zero-order chi connectivity index (χ0) is 13.3. The third kappa shape index (κ3) is 2.21. The highest BCUT2D eigenvalue weighted by molar-refractivity contribution is 7.89. The fraction of sp³-hybridized carbons (Fsp3) is 0.455. The van der Waals surface area contributed by atoms with E-state index in [1.54, 1.807) is 0 Å². The van der Waals surface area contributed by atoms with Crippen molar-refractivity contribution in [3.05, 3.63) is 24.0 Å². The van der Waals surface area contributed by atoms with Crippen LogP contribution in [0.15, 0.2) is 23.1 Å². The molecule has 7 heteroatoms. The van der Waals surface area contributed by atoms with Crippen LogP contribution < -0.4 is 4.74 Å². The van der Waals surface area contributed by atoms with Gasteiger partial charge in [-0.1, -0.05) is 0 Å². The van der Waals surface area contributed by atoms with Gasteiger partial charge in [0, 0.05) is 25.6 Å². The van der Waals surface area contributed by atoms with E-state index in [2.05, 4.69) is 0 Å². The lowest BCUT2D eigenvalue weighted by atomic mass is 10.1. The Morgan fingerprint density at radius 2 is 2.17 bits per heavy atom. The summed E-state index contributed by atoms with van der Waals surface area (Å²) in [5.74, 6) is -0.730. The largest absolute Gasteiger partial charge is 0.494 e. The van der Waals surface area contributed by atoms with Gasteiger partial charge in [-0.25, -0.2) is 12.8 Å². The van der Waals surface area contributed by atoms with Crippen LogP contribution in [0.1, 0.15) is 0 Å². The molecule has 5 nitrogen and oxygen atoms in total. The molecule has 1 aliphatic rings. The second-order valence-electron chi connectivity index (χ2n) is 4.17. The lowest BCUT2D eigenvalue weighted by Gasteiger charge is -2.36. The van der Waals surface area contributed by atoms with Crippen LogP contribution in [0.2, 0.25) is 0 Å². The van der Waals surface area contributed by atoms with E-state index in [-0.39, 0.29) is 36.3 Å². The maximum Gasteiger partial charge on any atom is 0.243 e. The van der Waals surface area contributed by atoms with Gasteiger partial charge in [-0.05, 0) is 18.2 Å². The molecule has 1 aromatic rings. The smallest absolute Gasteiger partial charge is 0.243 e. The monoisotopic (exact) mass is 275 g/mol. The lowest BCUT2D eigenvalue weighted by molar-refractivity contribution is 0.117. The van der Waals surface area contributed by atoms with Gasteiger partial charge in [-0.15, -0.1) is 0 Å². The van der Waals surface area contributed by atoms with E-state index in [0.29, 0.717) is 0 Å². The quantitative estimate of drug-likeness (QED) is 0.866. The lowest BCUT2D eigenvalue weighted by Crippen LogP contribution is -2.51. The van der Waals surface area contributed by atoms with E-state index in [4.69, 9.17) is 9.84 Å². The zero-order valence-corrected chi connectivity index (χ0v) is 10.7. The number of ether oxygens (including phenoxy) is 1. The van der Waals surface area contributed by atoms with Gasteiger partial charge in [-0.2, -0.15) is 4.31 Å². The Balaban J connectivity index is 2.23. The van der Waals surface area contributed by atoms with E-state index >= 15 is 0 Å². The molecule has 1 aliphatic heterocycles. The normalized spacial score (nSPS) is 17.5. The number of sulfonamides is 1. The van der Waals surface area contributed by atoms with Crippen LogP contribution in [0.25, 0.3) is 0 Å². The maximum atomic E-state index is 13.5. The molecule has 0 saturated carbocycles. The van der Waals surface area contributed by atoms with Gasteiger partial charge < -0.3 is 9.84 Å². The molecule has 100 valence electrons. The Kier molecular flexibility index (Phi) is 3.56. The van der Waals surface area contributed by atoms with Crippen LogP contribution in [0.4, 0.5) is 4.39 Å². The Labute approximate surface area is 105 Å². The molecule has 0 aromatic heterocycles. The van der Waals surface area contributed by atoms with E-state index < -0.39 is 15.8 Å². The summed E-state index contributed by atoms with van der Waals surface area (Å²) in [6.45, 7) is 0.502. The molecule has 1 saturated heterocycles. The highest BCUT2D eigenvalue weighted by Crippen LogP contribution is 2.27. The molecule has 1 heterocycles. The van der Waals surface area contributed by atoms with Crippen molar-refractivity contribution in [2.24, 2.45) is 5.92 Å². The third-order valence-electron chi connectivity index (χ3n) is 2.94. The first-order valence-electron chi connectivity index (χ1n) is 5.43. The van der Waals surface area contributed by atoms with Gasteiger partial charge in [0.15, 0.2) is 11.6 Å². The summed E-state index contributed by atoms with van der Waals surface area (Å²) in [5, 5.41) is 8.85. The van der Waals surface area contributed by atoms with Crippen molar-refractivity contribution in [2.75, 3.05) is 26.8 Å². The fourth-order valence-electron chi connectivity index (χ4n) is 1.79. The molecule has 0 aliphatic carbocycles. The summed E-state index contributed by atoms with van der Waals surface area (Å²) in [5.41, 5.74) is 0. The summed E-state index contributed by atoms with van der Waals surface area (Å²) in [7, 11) is -2.35. The molecule has 1 fully saturated rings. The zero-order valence-electron chi connectivity index (χ0n) is 9.84. The van der Waals surface area contributed by atoms with Gasteiger partial charge in [0.05, 0.1) is 12.0 Å². The van der Waals surface area contributed by atoms with Crippen LogP contribution in [-0.4, -0.2) is 44.6 Å². The van der Waals surface area contributed by atoms with Gasteiger partial charge in [-0.3, -0.25) is 0 Å². The predicted octanol–water partition coefficient (Wildman–Crippen LogP) is 0.447. The molecule has 0 atom stereocenters. The van der Waals surface area contributed by atoms with Crippen molar-refractivity contribution in [3.63, 3.8) is 0 Å². The Morgan fingerprint density at radius 3 is 2.67 bits per heavy atom. The number of rotatable bonds is 4. The Hall–Kier alpha value is -1.18. The highest BCUT2D eigenvalue weighted by atomic mass is 32.2. The van der Waals surface area contributed by atoms with Crippen molar-refractivity contribution < 1.29 is 22.7 Å². The topological polar surface area (TPSA) is 66.8 Å². The minimum atomic E-state index is -3.67. The summed E-state index contributed by atoms with van der Waals surface area (Å²) in [6.07, 6.45) is 0. The maximum absolute atomic E-state index is 13.5. The number of hydrogen-bond donors (Lipinski definition) is 1. The minimum Gasteiger partial charge on any atom is -0.494 e. The van der Waals surface area contributed by atoms with E-state index in [0.717, 1.165) is 6.07 Å². The molecule has 1 aromatic carbocycles. The second kappa shape index (κ2) is 4.83. The minimum absolute atomic E-state index is 0.00536. The molecule has 1 N–H and O–H groups in total. The molecule has 2 rings (SSSR count). The molecule has 0 radical (unpaired) electrons. The SMILES string of the molecule is COc1ccc(S(=O)(=O)N2CC(CO)C2)cc1F. The summed E-state index contributed by atoms with van der Waals surface area (Å²) >= 11 is 0. The summed E-state index contributed by atoms with van der Waals surface area (Å²) in [6, 6.07) is 3.54. The Bertz CT molecular complexity index is 540. The average molecular weight is 275 g/mol. The highest BCUT2D eigenvalue weighted by Gasteiger charge is 2.36. The molecule has 0 bridgehead atoms. The number of nitrogens with zero attached hydrogens (tertiary/aromatic N) is 1. The summed E-state index contributed by atoms with van der Waals surface area (Å²) in [4.78, 5) is -0.0998. The summed E-state index contributed by atoms with van der Waals surface area (Å²) < 4.78 is 43.5. The fourth-order valence-corrected chi connectivity index (χ4v) is 3.40. The number of aliphatic hydroxyl groups excluding tert-OH is 1. The number of benzene rings is 1. The van der Waals surface area contributed by atoms with E-state index in [1.807, 2.05) is 0 Å². The number of methoxy groups -OCH3 is 1. The number of halogens is 1. The van der Waals surface area contributed by atoms with Crippen LogP contribution in [0.5, 0.6) is 5.75 Å². The van der Waals surface area contributed by atoms with Crippen molar-refractivity contribution in [1.82, 2.24) is 4.31 Å². The molecular formula is C11H14FNO4S. The molecule has 18 heavy (non-hydrogen) atoms. The van der Waals surface area contributed by atoms with E-state index in [9.17, 15) is 12.8 Å². The molecule has 0 spiro atoms. The van der Waals surface area contributed by atoms with Crippen LogP contribution in [-0.2, 0) is 10.0 Å². The van der Waals surface area contributed by atoms with Crippen molar-refractivity contribution in [2.45, 2.75) is 4.90 Å². The number of aliphatic hydroxyl groups is 1. The van der Waals surface area contributed by atoms with Crippen molar-refractivity contribution in [1.29, 1.82) is 0 Å². The van der Waals surface area contributed by atoms with Crippen molar-refractivity contribution >= 4 is 10.0 Å². The standard InChI is InChI=1S/C11H14FNO4S/c1-17-11-3-2-9(4-10(11)12)18(15,16)13-5-8(6-13)7-14/h2-4,8,14H,5-7H2,1H3. The van der Waals surface area contributed by atoms with Crippen LogP contribution in [0, 0.1) is 11.7 Å². The van der Waals surface area contributed by atoms with Gasteiger partial charge in [0.25, 0.3) is 0 Å². The first-order valence-corrected chi connectivity index (χ1v) is 6.87. The first kappa shape index (κ1) is 13.3. The van der Waals surface area contributed by atoms with Crippen LogP contribution >= 0.6 is 0 Å². The van der Waals surface area contributed by atoms with E-state index in [1.165, 1.54) is 23.5 Å². The average Bonchev–Trinajstić information content (AvgIpc) is 2.27. The molecule has 0 unspecified atom stereocenters. The predicted molar refractivity (Wildman–Crippen MR) is 62.3 cm³/mol. The van der Waals surface area contributed by atoms with Gasteiger partial charge >= 0.3 is 0 Å². The van der Waals surface area contributed by atoms with Crippen molar-refractivity contribution in [3.8, 4) is 5.75 Å². The van der Waals surface area contributed by atoms with Gasteiger partial charge in [0.2, 0.25) is 10.0 Å².